The quantitative estimate of drug-likeness (QED) is 0.679. The lowest BCUT2D eigenvalue weighted by Crippen LogP contribution is -2.42. The molecule has 0 spiro atoms. The number of hydrogen-bond donors (Lipinski definition) is 1. The zero-order valence-electron chi connectivity index (χ0n) is 14.8. The Morgan fingerprint density at radius 3 is 2.76 bits per heavy atom. The molecular formula is C21H25NO3. The van der Waals surface area contributed by atoms with Gasteiger partial charge in [0.05, 0.1) is 24.0 Å². The number of nitrogens with zero attached hydrogens (tertiary/aromatic N) is 1. The van der Waals surface area contributed by atoms with Gasteiger partial charge in [0.2, 0.25) is 0 Å². The maximum absolute atomic E-state index is 10.5. The van der Waals surface area contributed by atoms with Gasteiger partial charge in [-0.3, -0.25) is 0 Å². The number of fused-ring (bicyclic) bond motifs is 3. The largest absolute Gasteiger partial charge is 0.399 e. The summed E-state index contributed by atoms with van der Waals surface area (Å²) >= 11 is 0. The molecule has 0 radical (unpaired) electrons. The average Bonchev–Trinajstić information content (AvgIpc) is 2.94. The lowest BCUT2D eigenvalue weighted by Gasteiger charge is -2.38. The van der Waals surface area contributed by atoms with Gasteiger partial charge in [0.25, 0.3) is 0 Å². The summed E-state index contributed by atoms with van der Waals surface area (Å²) in [5, 5.41) is 17.3. The van der Waals surface area contributed by atoms with E-state index in [2.05, 4.69) is 54.5 Å². The van der Waals surface area contributed by atoms with Gasteiger partial charge >= 0.3 is 0 Å². The first-order chi connectivity index (χ1) is 12.2. The second kappa shape index (κ2) is 6.77. The molecule has 2 aliphatic rings. The van der Waals surface area contributed by atoms with Crippen molar-refractivity contribution in [1.29, 1.82) is 0 Å². The van der Waals surface area contributed by atoms with Crippen LogP contribution in [0.3, 0.4) is 0 Å². The Morgan fingerprint density at radius 2 is 2.00 bits per heavy atom. The lowest BCUT2D eigenvalue weighted by atomic mass is 9.75. The van der Waals surface area contributed by atoms with Crippen LogP contribution >= 0.6 is 0 Å². The van der Waals surface area contributed by atoms with Crippen LogP contribution in [0.15, 0.2) is 47.6 Å². The van der Waals surface area contributed by atoms with Gasteiger partial charge in [-0.05, 0) is 35.1 Å². The number of hydrogen-bond acceptors (Lipinski definition) is 4. The molecule has 25 heavy (non-hydrogen) atoms. The summed E-state index contributed by atoms with van der Waals surface area (Å²) in [5.41, 5.74) is 2.28. The summed E-state index contributed by atoms with van der Waals surface area (Å²) < 4.78 is 6.10. The molecule has 0 saturated carbocycles. The second-order valence-corrected chi connectivity index (χ2v) is 7.12. The number of rotatable bonds is 4. The third-order valence-corrected chi connectivity index (χ3v) is 5.69. The zero-order chi connectivity index (χ0) is 17.4. The topological polar surface area (TPSA) is 51.0 Å². The molecule has 1 N–H and O–H groups in total. The first kappa shape index (κ1) is 16.6. The van der Waals surface area contributed by atoms with Crippen LogP contribution in [0.5, 0.6) is 0 Å². The summed E-state index contributed by atoms with van der Waals surface area (Å²) in [6.07, 6.45) is 1.94. The summed E-state index contributed by atoms with van der Waals surface area (Å²) in [6, 6.07) is 15.1. The standard InChI is InChI=1S/C21H25NO3/c1-3-18(22-24-2)20-17(11-16-12-19(23)21(20)25-16)15-9-8-13-6-4-5-7-14(13)10-15/h4-10,16-17,19-21,23H,3,11-12H2,1-2H3/t16?,17-,19?,20+,21+/m0/s1. The highest BCUT2D eigenvalue weighted by Crippen LogP contribution is 2.46. The van der Waals surface area contributed by atoms with Crippen molar-refractivity contribution in [2.24, 2.45) is 11.1 Å². The minimum absolute atomic E-state index is 0.0554. The predicted molar refractivity (Wildman–Crippen MR) is 98.8 cm³/mol. The van der Waals surface area contributed by atoms with Gasteiger partial charge in [0.1, 0.15) is 7.11 Å². The fraction of sp³-hybridized carbons (Fsp3) is 0.476. The molecule has 4 heteroatoms. The minimum Gasteiger partial charge on any atom is -0.399 e. The van der Waals surface area contributed by atoms with Gasteiger partial charge < -0.3 is 14.7 Å². The van der Waals surface area contributed by atoms with E-state index >= 15 is 0 Å². The molecule has 2 aromatic carbocycles. The molecule has 4 nitrogen and oxygen atoms in total. The van der Waals surface area contributed by atoms with Crippen molar-refractivity contribution in [1.82, 2.24) is 0 Å². The van der Waals surface area contributed by atoms with Gasteiger partial charge in [0.15, 0.2) is 0 Å². The van der Waals surface area contributed by atoms with E-state index in [0.717, 1.165) is 25.0 Å². The molecule has 0 aromatic heterocycles. The van der Waals surface area contributed by atoms with Crippen molar-refractivity contribution >= 4 is 16.5 Å². The molecule has 0 aliphatic carbocycles. The van der Waals surface area contributed by atoms with Gasteiger partial charge in [-0.25, -0.2) is 0 Å². The van der Waals surface area contributed by atoms with Crippen molar-refractivity contribution in [3.05, 3.63) is 48.0 Å². The molecule has 2 unspecified atom stereocenters. The number of aliphatic hydroxyl groups excluding tert-OH is 1. The van der Waals surface area contributed by atoms with Gasteiger partial charge in [-0.15, -0.1) is 0 Å². The Kier molecular flexibility index (Phi) is 4.48. The summed E-state index contributed by atoms with van der Waals surface area (Å²) in [6.45, 7) is 2.09. The molecule has 132 valence electrons. The SMILES string of the molecule is CCC(=NOC)[C@@H]1[C@@H]2OC(CC2O)C[C@H]1c1ccc2ccccc2c1. The normalized spacial score (nSPS) is 32.1. The van der Waals surface area contributed by atoms with Crippen LogP contribution in [0.1, 0.15) is 37.7 Å². The van der Waals surface area contributed by atoms with Crippen molar-refractivity contribution in [2.75, 3.05) is 7.11 Å². The molecular weight excluding hydrogens is 314 g/mol. The van der Waals surface area contributed by atoms with E-state index in [1.165, 1.54) is 16.3 Å². The van der Waals surface area contributed by atoms with Crippen LogP contribution in [-0.4, -0.2) is 36.2 Å². The van der Waals surface area contributed by atoms with E-state index in [-0.39, 0.29) is 18.1 Å². The Balaban J connectivity index is 1.77. The van der Waals surface area contributed by atoms with Crippen molar-refractivity contribution in [3.63, 3.8) is 0 Å². The van der Waals surface area contributed by atoms with Crippen LogP contribution < -0.4 is 0 Å². The second-order valence-electron chi connectivity index (χ2n) is 7.12. The predicted octanol–water partition coefficient (Wildman–Crippen LogP) is 3.87. The van der Waals surface area contributed by atoms with E-state index in [0.29, 0.717) is 5.92 Å². The molecule has 5 atom stereocenters. The van der Waals surface area contributed by atoms with E-state index in [1.54, 1.807) is 7.11 Å². The highest BCUT2D eigenvalue weighted by atomic mass is 16.6. The zero-order valence-corrected chi connectivity index (χ0v) is 14.8. The van der Waals surface area contributed by atoms with Crippen molar-refractivity contribution in [2.45, 2.75) is 50.4 Å². The maximum atomic E-state index is 10.5. The maximum Gasteiger partial charge on any atom is 0.106 e. The number of ether oxygens (including phenoxy) is 1. The van der Waals surface area contributed by atoms with E-state index < -0.39 is 6.10 Å². The molecule has 2 bridgehead atoms. The highest BCUT2D eigenvalue weighted by Gasteiger charge is 2.50. The molecule has 0 amide bonds. The van der Waals surface area contributed by atoms with Gasteiger partial charge in [0, 0.05) is 12.3 Å². The van der Waals surface area contributed by atoms with E-state index in [9.17, 15) is 5.11 Å². The van der Waals surface area contributed by atoms with Crippen LogP contribution in [-0.2, 0) is 9.57 Å². The van der Waals surface area contributed by atoms with Crippen LogP contribution in [0.4, 0.5) is 0 Å². The van der Waals surface area contributed by atoms with Gasteiger partial charge in [-0.1, -0.05) is 54.5 Å². The fourth-order valence-electron chi connectivity index (χ4n) is 4.59. The summed E-state index contributed by atoms with van der Waals surface area (Å²) in [5.74, 6) is 0.346. The average molecular weight is 339 g/mol. The van der Waals surface area contributed by atoms with Crippen molar-refractivity contribution < 1.29 is 14.7 Å². The Labute approximate surface area is 148 Å². The number of aliphatic hydroxyl groups is 1. The molecule has 2 aromatic rings. The monoisotopic (exact) mass is 339 g/mol. The van der Waals surface area contributed by atoms with Crippen LogP contribution in [0.2, 0.25) is 0 Å². The van der Waals surface area contributed by atoms with E-state index in [1.807, 2.05) is 0 Å². The molecule has 2 aliphatic heterocycles. The van der Waals surface area contributed by atoms with Gasteiger partial charge in [-0.2, -0.15) is 0 Å². The highest BCUT2D eigenvalue weighted by molar-refractivity contribution is 5.88. The van der Waals surface area contributed by atoms with Crippen molar-refractivity contribution in [3.8, 4) is 0 Å². The fourth-order valence-corrected chi connectivity index (χ4v) is 4.59. The minimum atomic E-state index is -0.422. The number of oxime groups is 1. The first-order valence-corrected chi connectivity index (χ1v) is 9.13. The Hall–Kier alpha value is -1.91. The number of benzene rings is 2. The Morgan fingerprint density at radius 1 is 1.20 bits per heavy atom. The molecule has 4 rings (SSSR count). The van der Waals surface area contributed by atoms with Crippen LogP contribution in [0, 0.1) is 5.92 Å². The molecule has 2 heterocycles. The molecule has 2 fully saturated rings. The smallest absolute Gasteiger partial charge is 0.106 e. The first-order valence-electron chi connectivity index (χ1n) is 9.13. The Bertz CT molecular complexity index is 788. The van der Waals surface area contributed by atoms with E-state index in [4.69, 9.17) is 9.57 Å². The molecule has 2 saturated heterocycles. The lowest BCUT2D eigenvalue weighted by molar-refractivity contribution is -0.0509. The third kappa shape index (κ3) is 2.94. The van der Waals surface area contributed by atoms with Crippen LogP contribution in [0.25, 0.3) is 10.8 Å². The third-order valence-electron chi connectivity index (χ3n) is 5.69. The summed E-state index contributed by atoms with van der Waals surface area (Å²) in [7, 11) is 1.58. The summed E-state index contributed by atoms with van der Waals surface area (Å²) in [4.78, 5) is 5.09.